The van der Waals surface area contributed by atoms with Gasteiger partial charge in [0.1, 0.15) is 22.2 Å². The molecule has 0 bridgehead atoms. The topological polar surface area (TPSA) is 88.8 Å². The van der Waals surface area contributed by atoms with Gasteiger partial charge in [0, 0.05) is 23.1 Å². The number of hydrogen-bond donors (Lipinski definition) is 2. The molecule has 2 N–H and O–H groups in total. The summed E-state index contributed by atoms with van der Waals surface area (Å²) in [5.74, 6) is 0.605. The first-order valence-electron chi connectivity index (χ1n) is 12.8. The molecule has 0 unspecified atom stereocenters. The molecule has 37 heavy (non-hydrogen) atoms. The Labute approximate surface area is 223 Å². The third-order valence-corrected chi connectivity index (χ3v) is 7.05. The van der Waals surface area contributed by atoms with Crippen molar-refractivity contribution in [2.75, 3.05) is 13.2 Å². The van der Waals surface area contributed by atoms with E-state index in [0.717, 1.165) is 35.1 Å². The molecular weight excluding hydrogens is 486 g/mol. The van der Waals surface area contributed by atoms with Crippen molar-refractivity contribution in [3.63, 3.8) is 0 Å². The molecule has 2 aromatic carbocycles. The fourth-order valence-corrected chi connectivity index (χ4v) is 4.97. The van der Waals surface area contributed by atoms with Crippen LogP contribution in [0.4, 0.5) is 0 Å². The molecule has 3 rings (SSSR count). The number of carbonyl (C=O) groups is 1. The van der Waals surface area contributed by atoms with Crippen LogP contribution in [0.5, 0.6) is 11.5 Å². The molecule has 0 fully saturated rings. The Morgan fingerprint density at radius 3 is 2.43 bits per heavy atom. The van der Waals surface area contributed by atoms with E-state index in [0.29, 0.717) is 23.6 Å². The van der Waals surface area contributed by atoms with Crippen molar-refractivity contribution in [1.29, 1.82) is 0 Å². The zero-order valence-corrected chi connectivity index (χ0v) is 23.0. The molecule has 1 aromatic heterocycles. The highest BCUT2D eigenvalue weighted by molar-refractivity contribution is 7.99. The molecule has 0 aliphatic heterocycles. The zero-order chi connectivity index (χ0) is 26.8. The molecular formula is C30H37NO5S. The maximum atomic E-state index is 12.8. The maximum absolute atomic E-state index is 12.8. The van der Waals surface area contributed by atoms with Crippen LogP contribution in [0.15, 0.2) is 73.6 Å². The summed E-state index contributed by atoms with van der Waals surface area (Å²) < 4.78 is 11.3. The van der Waals surface area contributed by atoms with Crippen molar-refractivity contribution < 1.29 is 19.1 Å². The molecule has 198 valence electrons. The number of aromatic hydroxyl groups is 1. The van der Waals surface area contributed by atoms with Gasteiger partial charge in [0.05, 0.1) is 0 Å². The fraction of sp³-hybridized carbons (Fsp3) is 0.400. The third kappa shape index (κ3) is 8.42. The van der Waals surface area contributed by atoms with Gasteiger partial charge in [-0.2, -0.15) is 0 Å². The van der Waals surface area contributed by atoms with E-state index in [-0.39, 0.29) is 28.6 Å². The molecule has 1 amide bonds. The van der Waals surface area contributed by atoms with E-state index in [9.17, 15) is 14.7 Å². The van der Waals surface area contributed by atoms with Crippen LogP contribution in [0.2, 0.25) is 0 Å². The Morgan fingerprint density at radius 2 is 1.76 bits per heavy atom. The number of rotatable bonds is 12. The summed E-state index contributed by atoms with van der Waals surface area (Å²) in [6.07, 6.45) is 5.71. The number of nitrogens with one attached hydrogen (secondary N) is 1. The Morgan fingerprint density at radius 1 is 1.03 bits per heavy atom. The van der Waals surface area contributed by atoms with Gasteiger partial charge >= 0.3 is 5.63 Å². The fourth-order valence-electron chi connectivity index (χ4n) is 3.85. The second-order valence-electron chi connectivity index (χ2n) is 10.0. The van der Waals surface area contributed by atoms with Crippen LogP contribution in [-0.2, 0) is 10.2 Å². The van der Waals surface area contributed by atoms with E-state index in [2.05, 4.69) is 33.0 Å². The zero-order valence-electron chi connectivity index (χ0n) is 22.1. The second-order valence-corrected chi connectivity index (χ2v) is 11.1. The van der Waals surface area contributed by atoms with Crippen molar-refractivity contribution in [2.24, 2.45) is 0 Å². The Kier molecular flexibility index (Phi) is 10.3. The standard InChI is InChI=1S/C30H37NO5S/c1-5-6-7-8-12-17-31-27(33)20-35-22-15-16-26(23(18-22)30(2,3)4)37-28-24(32)19-25(36-29(28)34)21-13-10-9-11-14-21/h9-11,13-16,18-19,32H,5-8,12,17,20H2,1-4H3,(H,31,33). The number of benzene rings is 2. The van der Waals surface area contributed by atoms with E-state index in [1.54, 1.807) is 6.07 Å². The van der Waals surface area contributed by atoms with Crippen LogP contribution in [0.25, 0.3) is 11.3 Å². The molecule has 7 heteroatoms. The minimum Gasteiger partial charge on any atom is -0.506 e. The first kappa shape index (κ1) is 28.4. The number of hydrogen-bond acceptors (Lipinski definition) is 6. The van der Waals surface area contributed by atoms with Gasteiger partial charge in [-0.05, 0) is 35.6 Å². The first-order chi connectivity index (χ1) is 17.7. The molecule has 1 heterocycles. The van der Waals surface area contributed by atoms with Crippen molar-refractivity contribution in [1.82, 2.24) is 5.32 Å². The predicted octanol–water partition coefficient (Wildman–Crippen LogP) is 6.93. The summed E-state index contributed by atoms with van der Waals surface area (Å²) in [4.78, 5) is 25.9. The van der Waals surface area contributed by atoms with E-state index in [1.807, 2.05) is 42.5 Å². The molecule has 0 atom stereocenters. The monoisotopic (exact) mass is 523 g/mol. The Hall–Kier alpha value is -3.19. The van der Waals surface area contributed by atoms with Crippen molar-refractivity contribution in [3.05, 3.63) is 70.6 Å². The summed E-state index contributed by atoms with van der Waals surface area (Å²) in [5.41, 5.74) is 0.763. The van der Waals surface area contributed by atoms with Gasteiger partial charge in [0.2, 0.25) is 0 Å². The highest BCUT2D eigenvalue weighted by Gasteiger charge is 2.22. The molecule has 0 aliphatic rings. The van der Waals surface area contributed by atoms with Gasteiger partial charge in [-0.15, -0.1) is 0 Å². The van der Waals surface area contributed by atoms with E-state index >= 15 is 0 Å². The van der Waals surface area contributed by atoms with Crippen LogP contribution in [0, 0.1) is 0 Å². The summed E-state index contributed by atoms with van der Waals surface area (Å²) in [6, 6.07) is 16.1. The maximum Gasteiger partial charge on any atom is 0.354 e. The number of carbonyl (C=O) groups excluding carboxylic acids is 1. The normalized spacial score (nSPS) is 11.4. The molecule has 0 saturated heterocycles. The average Bonchev–Trinajstić information content (AvgIpc) is 2.87. The van der Waals surface area contributed by atoms with E-state index in [4.69, 9.17) is 9.15 Å². The largest absolute Gasteiger partial charge is 0.506 e. The Bertz CT molecular complexity index is 1230. The number of unbranched alkanes of at least 4 members (excludes halogenated alkanes) is 4. The summed E-state index contributed by atoms with van der Waals surface area (Å²) in [6.45, 7) is 8.95. The molecule has 0 aliphatic carbocycles. The predicted molar refractivity (Wildman–Crippen MR) is 149 cm³/mol. The SMILES string of the molecule is CCCCCCCNC(=O)COc1ccc(Sc2c(O)cc(-c3ccccc3)oc2=O)c(C(C)(C)C)c1. The smallest absolute Gasteiger partial charge is 0.354 e. The summed E-state index contributed by atoms with van der Waals surface area (Å²) in [5, 5.41) is 13.6. The van der Waals surface area contributed by atoms with E-state index in [1.165, 1.54) is 25.3 Å². The Balaban J connectivity index is 1.70. The van der Waals surface area contributed by atoms with Crippen molar-refractivity contribution >= 4 is 17.7 Å². The lowest BCUT2D eigenvalue weighted by Gasteiger charge is -2.23. The lowest BCUT2D eigenvalue weighted by Crippen LogP contribution is -2.29. The van der Waals surface area contributed by atoms with Gasteiger partial charge in [0.25, 0.3) is 5.91 Å². The number of ether oxygens (including phenoxy) is 1. The van der Waals surface area contributed by atoms with Crippen LogP contribution >= 0.6 is 11.8 Å². The van der Waals surface area contributed by atoms with Crippen LogP contribution in [0.3, 0.4) is 0 Å². The number of amides is 1. The summed E-state index contributed by atoms with van der Waals surface area (Å²) >= 11 is 1.16. The lowest BCUT2D eigenvalue weighted by molar-refractivity contribution is -0.123. The average molecular weight is 524 g/mol. The second kappa shape index (κ2) is 13.4. The van der Waals surface area contributed by atoms with Crippen LogP contribution in [0.1, 0.15) is 65.4 Å². The quantitative estimate of drug-likeness (QED) is 0.250. The third-order valence-electron chi connectivity index (χ3n) is 5.89. The molecule has 3 aromatic rings. The highest BCUT2D eigenvalue weighted by atomic mass is 32.2. The molecule has 0 spiro atoms. The minimum absolute atomic E-state index is 0.0592. The minimum atomic E-state index is -0.601. The van der Waals surface area contributed by atoms with Crippen LogP contribution < -0.4 is 15.7 Å². The van der Waals surface area contributed by atoms with Crippen LogP contribution in [-0.4, -0.2) is 24.2 Å². The molecule has 6 nitrogen and oxygen atoms in total. The lowest BCUT2D eigenvalue weighted by atomic mass is 9.87. The van der Waals surface area contributed by atoms with Gasteiger partial charge in [-0.3, -0.25) is 4.79 Å². The van der Waals surface area contributed by atoms with E-state index < -0.39 is 5.63 Å². The highest BCUT2D eigenvalue weighted by Crippen LogP contribution is 2.40. The van der Waals surface area contributed by atoms with Crippen molar-refractivity contribution in [3.8, 4) is 22.8 Å². The van der Waals surface area contributed by atoms with Gasteiger partial charge < -0.3 is 19.6 Å². The van der Waals surface area contributed by atoms with Gasteiger partial charge in [-0.1, -0.05) is 95.5 Å². The van der Waals surface area contributed by atoms with Crippen molar-refractivity contribution in [2.45, 2.75) is 75.0 Å². The van der Waals surface area contributed by atoms with Gasteiger partial charge in [-0.25, -0.2) is 4.79 Å². The molecule has 0 saturated carbocycles. The van der Waals surface area contributed by atoms with Gasteiger partial charge in [0.15, 0.2) is 6.61 Å². The summed E-state index contributed by atoms with van der Waals surface area (Å²) in [7, 11) is 0. The molecule has 0 radical (unpaired) electrons. The first-order valence-corrected chi connectivity index (χ1v) is 13.6.